The van der Waals surface area contributed by atoms with Crippen LogP contribution in [0.3, 0.4) is 0 Å². The van der Waals surface area contributed by atoms with Crippen molar-refractivity contribution in [2.75, 3.05) is 13.7 Å². The van der Waals surface area contributed by atoms with Crippen LogP contribution >= 0.6 is 0 Å². The number of ether oxygens (including phenoxy) is 1. The molecule has 0 aromatic rings. The number of rotatable bonds is 3. The lowest BCUT2D eigenvalue weighted by molar-refractivity contribution is 0.337. The molecular weight excluding hydrogens is 106 g/mol. The largest absolute Gasteiger partial charge is 0.505 e. The monoisotopic (exact) mass is 113 g/mol. The smallest absolute Gasteiger partial charge is 0.235 e. The van der Waals surface area contributed by atoms with E-state index in [1.165, 1.54) is 19.5 Å². The fraction of sp³-hybridized carbons (Fsp3) is 0.400. The molecule has 0 saturated heterocycles. The predicted molar refractivity (Wildman–Crippen MR) is 29.1 cm³/mol. The first-order valence-corrected chi connectivity index (χ1v) is 2.13. The molecule has 0 aliphatic carbocycles. The third-order valence-electron chi connectivity index (χ3n) is 0.494. The second kappa shape index (κ2) is 5.92. The Bertz CT molecular complexity index is 114. The lowest BCUT2D eigenvalue weighted by Gasteiger charge is -1.80. The number of carbonyl (C=O) groups excluding carboxylic acids is 1. The van der Waals surface area contributed by atoms with E-state index in [-0.39, 0.29) is 0 Å². The van der Waals surface area contributed by atoms with E-state index in [9.17, 15) is 4.79 Å². The van der Waals surface area contributed by atoms with Crippen LogP contribution in [0.5, 0.6) is 0 Å². The van der Waals surface area contributed by atoms with Crippen molar-refractivity contribution < 1.29 is 9.53 Å². The van der Waals surface area contributed by atoms with Gasteiger partial charge in [-0.15, -0.1) is 0 Å². The summed E-state index contributed by atoms with van der Waals surface area (Å²) in [6.45, 7) is 0.345. The second-order valence-corrected chi connectivity index (χ2v) is 1.04. The summed E-state index contributed by atoms with van der Waals surface area (Å²) >= 11 is 0. The molecule has 0 bridgehead atoms. The van der Waals surface area contributed by atoms with Crippen LogP contribution in [0, 0.1) is 0 Å². The molecular formula is C5H7NO2. The molecule has 0 spiro atoms. The Hall–Kier alpha value is -1.08. The fourth-order valence-electron chi connectivity index (χ4n) is 0.229. The van der Waals surface area contributed by atoms with Gasteiger partial charge < -0.3 is 4.74 Å². The summed E-state index contributed by atoms with van der Waals surface area (Å²) < 4.78 is 4.52. The van der Waals surface area contributed by atoms with Crippen molar-refractivity contribution in [3.8, 4) is 0 Å². The van der Waals surface area contributed by atoms with E-state index in [4.69, 9.17) is 0 Å². The number of methoxy groups -OCH3 is 1. The highest BCUT2D eigenvalue weighted by molar-refractivity contribution is 5.33. The first kappa shape index (κ1) is 6.92. The van der Waals surface area contributed by atoms with Crippen LogP contribution in [0.25, 0.3) is 0 Å². The predicted octanol–water partition coefficient (Wildman–Crippen LogP) is 0.482. The topological polar surface area (TPSA) is 38.7 Å². The van der Waals surface area contributed by atoms with Crippen molar-refractivity contribution in [3.05, 3.63) is 12.3 Å². The zero-order valence-corrected chi connectivity index (χ0v) is 4.63. The van der Waals surface area contributed by atoms with E-state index >= 15 is 0 Å². The molecule has 3 heteroatoms. The minimum absolute atomic E-state index is 0.345. The van der Waals surface area contributed by atoms with Gasteiger partial charge in [-0.05, 0) is 6.08 Å². The highest BCUT2D eigenvalue weighted by atomic mass is 16.5. The SMILES string of the molecule is COC=CCN=C=O. The van der Waals surface area contributed by atoms with Gasteiger partial charge in [0.2, 0.25) is 6.08 Å². The van der Waals surface area contributed by atoms with Crippen molar-refractivity contribution in [1.29, 1.82) is 0 Å². The summed E-state index contributed by atoms with van der Waals surface area (Å²) in [4.78, 5) is 12.6. The average molecular weight is 113 g/mol. The van der Waals surface area contributed by atoms with E-state index in [2.05, 4.69) is 9.73 Å². The molecule has 0 saturated carbocycles. The summed E-state index contributed by atoms with van der Waals surface area (Å²) in [5.74, 6) is 0. The molecule has 44 valence electrons. The van der Waals surface area contributed by atoms with Crippen molar-refractivity contribution in [2.24, 2.45) is 4.99 Å². The molecule has 0 rings (SSSR count). The van der Waals surface area contributed by atoms with Crippen LogP contribution in [0.4, 0.5) is 0 Å². The van der Waals surface area contributed by atoms with Crippen LogP contribution in [-0.2, 0) is 9.53 Å². The molecule has 0 atom stereocenters. The average Bonchev–Trinajstić information content (AvgIpc) is 1.81. The van der Waals surface area contributed by atoms with Crippen LogP contribution < -0.4 is 0 Å². The Morgan fingerprint density at radius 3 is 3.12 bits per heavy atom. The van der Waals surface area contributed by atoms with Crippen molar-refractivity contribution >= 4 is 6.08 Å². The normalized spacial score (nSPS) is 8.62. The third kappa shape index (κ3) is 4.92. The molecule has 0 radical (unpaired) electrons. The van der Waals surface area contributed by atoms with Crippen LogP contribution in [0.15, 0.2) is 17.3 Å². The number of hydrogen-bond donors (Lipinski definition) is 0. The van der Waals surface area contributed by atoms with E-state index in [1.54, 1.807) is 6.08 Å². The van der Waals surface area contributed by atoms with Gasteiger partial charge in [0, 0.05) is 0 Å². The van der Waals surface area contributed by atoms with Gasteiger partial charge in [-0.3, -0.25) is 0 Å². The van der Waals surface area contributed by atoms with Gasteiger partial charge >= 0.3 is 0 Å². The third-order valence-corrected chi connectivity index (χ3v) is 0.494. The Kier molecular flexibility index (Phi) is 5.12. The van der Waals surface area contributed by atoms with Crippen LogP contribution in [0.1, 0.15) is 0 Å². The Balaban J connectivity index is 3.15. The molecule has 0 amide bonds. The maximum Gasteiger partial charge on any atom is 0.235 e. The van der Waals surface area contributed by atoms with Gasteiger partial charge in [-0.2, -0.15) is 0 Å². The molecule has 3 nitrogen and oxygen atoms in total. The summed E-state index contributed by atoms with van der Waals surface area (Å²) in [5, 5.41) is 0. The van der Waals surface area contributed by atoms with Gasteiger partial charge in [0.1, 0.15) is 0 Å². The molecule has 0 aliphatic heterocycles. The molecule has 0 unspecified atom stereocenters. The van der Waals surface area contributed by atoms with Crippen LogP contribution in [-0.4, -0.2) is 19.7 Å². The summed E-state index contributed by atoms with van der Waals surface area (Å²) in [6, 6.07) is 0. The molecule has 0 heterocycles. The van der Waals surface area contributed by atoms with Crippen molar-refractivity contribution in [2.45, 2.75) is 0 Å². The first-order valence-electron chi connectivity index (χ1n) is 2.13. The lowest BCUT2D eigenvalue weighted by Crippen LogP contribution is -1.70. The maximum atomic E-state index is 9.40. The van der Waals surface area contributed by atoms with Gasteiger partial charge in [0.15, 0.2) is 0 Å². The maximum absolute atomic E-state index is 9.40. The van der Waals surface area contributed by atoms with Crippen molar-refractivity contribution in [3.63, 3.8) is 0 Å². The van der Waals surface area contributed by atoms with Gasteiger partial charge in [0.05, 0.1) is 19.9 Å². The number of nitrogens with zero attached hydrogens (tertiary/aromatic N) is 1. The highest BCUT2D eigenvalue weighted by Gasteiger charge is 1.66. The first-order chi connectivity index (χ1) is 3.91. The molecule has 0 fully saturated rings. The van der Waals surface area contributed by atoms with E-state index in [0.29, 0.717) is 6.54 Å². The van der Waals surface area contributed by atoms with Gasteiger partial charge in [0.25, 0.3) is 0 Å². The van der Waals surface area contributed by atoms with Gasteiger partial charge in [-0.25, -0.2) is 9.79 Å². The quantitative estimate of drug-likeness (QED) is 0.303. The molecule has 0 aromatic carbocycles. The fourth-order valence-corrected chi connectivity index (χ4v) is 0.229. The second-order valence-electron chi connectivity index (χ2n) is 1.04. The lowest BCUT2D eigenvalue weighted by atomic mass is 10.6. The minimum atomic E-state index is 0.345. The van der Waals surface area contributed by atoms with Crippen LogP contribution in [0.2, 0.25) is 0 Å². The zero-order chi connectivity index (χ0) is 6.24. The minimum Gasteiger partial charge on any atom is -0.505 e. The number of hydrogen-bond acceptors (Lipinski definition) is 3. The molecule has 0 aromatic heterocycles. The highest BCUT2D eigenvalue weighted by Crippen LogP contribution is 1.72. The summed E-state index contributed by atoms with van der Waals surface area (Å²) in [7, 11) is 1.53. The van der Waals surface area contributed by atoms with Gasteiger partial charge in [-0.1, -0.05) is 0 Å². The standard InChI is InChI=1S/C5H7NO2/c1-8-4-2-3-6-5-7/h2,4H,3H2,1H3. The van der Waals surface area contributed by atoms with E-state index < -0.39 is 0 Å². The molecule has 0 aliphatic rings. The summed E-state index contributed by atoms with van der Waals surface area (Å²) in [6.07, 6.45) is 4.47. The molecule has 8 heavy (non-hydrogen) atoms. The Morgan fingerprint density at radius 2 is 2.62 bits per heavy atom. The Morgan fingerprint density at radius 1 is 1.88 bits per heavy atom. The zero-order valence-electron chi connectivity index (χ0n) is 4.63. The number of isocyanates is 1. The van der Waals surface area contributed by atoms with E-state index in [1.807, 2.05) is 0 Å². The summed E-state index contributed by atoms with van der Waals surface area (Å²) in [5.41, 5.74) is 0. The van der Waals surface area contributed by atoms with E-state index in [0.717, 1.165) is 0 Å². The van der Waals surface area contributed by atoms with Crippen molar-refractivity contribution in [1.82, 2.24) is 0 Å². The Labute approximate surface area is 47.7 Å². The molecule has 0 N–H and O–H groups in total. The number of aliphatic imine (C=N–C) groups is 1.